The van der Waals surface area contributed by atoms with Crippen LogP contribution in [0.4, 0.5) is 0 Å². The lowest BCUT2D eigenvalue weighted by atomic mass is 10.0. The van der Waals surface area contributed by atoms with Gasteiger partial charge in [-0.05, 0) is 24.6 Å². The van der Waals surface area contributed by atoms with Crippen LogP contribution < -0.4 is 0 Å². The molecule has 1 aliphatic rings. The molecule has 0 unspecified atom stereocenters. The van der Waals surface area contributed by atoms with Gasteiger partial charge < -0.3 is 0 Å². The minimum absolute atomic E-state index is 0.258. The van der Waals surface area contributed by atoms with Crippen LogP contribution >= 0.6 is 11.8 Å². The average molecular weight is 283 g/mol. The Morgan fingerprint density at radius 3 is 3.00 bits per heavy atom. The van der Waals surface area contributed by atoms with Crippen LogP contribution in [0.25, 0.3) is 17.0 Å². The molecule has 0 bridgehead atoms. The molecule has 20 heavy (non-hydrogen) atoms. The van der Waals surface area contributed by atoms with Crippen molar-refractivity contribution >= 4 is 35.0 Å². The Morgan fingerprint density at radius 1 is 1.35 bits per heavy atom. The molecule has 0 saturated carbocycles. The largest absolute Gasteiger partial charge is 0.298 e. The van der Waals surface area contributed by atoms with E-state index >= 15 is 0 Å². The van der Waals surface area contributed by atoms with Crippen LogP contribution in [-0.4, -0.2) is 16.5 Å². The topological polar surface area (TPSA) is 30.0 Å². The van der Waals surface area contributed by atoms with Gasteiger partial charge in [-0.3, -0.25) is 4.79 Å². The third kappa shape index (κ3) is 2.50. The van der Waals surface area contributed by atoms with E-state index in [1.165, 1.54) is 0 Å². The van der Waals surface area contributed by atoms with E-state index in [9.17, 15) is 4.79 Å². The van der Waals surface area contributed by atoms with E-state index in [0.29, 0.717) is 0 Å². The molecule has 3 rings (SSSR count). The van der Waals surface area contributed by atoms with Gasteiger partial charge in [-0.2, -0.15) is 0 Å². The van der Waals surface area contributed by atoms with Gasteiger partial charge in [-0.25, -0.2) is 4.98 Å². The summed E-state index contributed by atoms with van der Waals surface area (Å²) in [4.78, 5) is 16.1. The number of aldehydes is 1. The van der Waals surface area contributed by atoms with E-state index in [4.69, 9.17) is 4.98 Å². The molecule has 0 aliphatic carbocycles. The lowest BCUT2D eigenvalue weighted by Crippen LogP contribution is -2.12. The molecule has 2 aromatic rings. The summed E-state index contributed by atoms with van der Waals surface area (Å²) in [7, 11) is 0. The number of carbonyl (C=O) groups excluding carboxylic acids is 1. The number of hydrogen-bond acceptors (Lipinski definition) is 3. The maximum Gasteiger partial charge on any atom is 0.147 e. The molecule has 1 aromatic carbocycles. The molecule has 0 amide bonds. The zero-order valence-electron chi connectivity index (χ0n) is 11.5. The minimum Gasteiger partial charge on any atom is -0.298 e. The Bertz CT molecular complexity index is 678. The van der Waals surface area contributed by atoms with E-state index < -0.39 is 0 Å². The standard InChI is InChI=1S/C17H17NOS/c1-2-3-8-16-14(11-19)10-13-9-12-6-4-5-7-15(12)18-17(13)20-16/h4-7,9-11,16H,2-3,8H2,1H3/t16-/m1/s1. The number of thioether (sulfide) groups is 1. The summed E-state index contributed by atoms with van der Waals surface area (Å²) in [6, 6.07) is 10.3. The highest BCUT2D eigenvalue weighted by Crippen LogP contribution is 2.38. The molecule has 0 radical (unpaired) electrons. The van der Waals surface area contributed by atoms with Crippen molar-refractivity contribution in [3.05, 3.63) is 41.5 Å². The second kappa shape index (κ2) is 5.80. The fraction of sp³-hybridized carbons (Fsp3) is 0.294. The van der Waals surface area contributed by atoms with Gasteiger partial charge in [0, 0.05) is 21.8 Å². The zero-order valence-corrected chi connectivity index (χ0v) is 12.3. The van der Waals surface area contributed by atoms with Crippen LogP contribution in [0.15, 0.2) is 40.9 Å². The first kappa shape index (κ1) is 13.4. The summed E-state index contributed by atoms with van der Waals surface area (Å²) < 4.78 is 0. The van der Waals surface area contributed by atoms with Crippen LogP contribution in [0.2, 0.25) is 0 Å². The normalized spacial score (nSPS) is 17.6. The van der Waals surface area contributed by atoms with Crippen LogP contribution in [-0.2, 0) is 4.79 Å². The summed E-state index contributed by atoms with van der Waals surface area (Å²) in [5, 5.41) is 2.43. The molecular formula is C17H17NOS. The molecule has 1 atom stereocenters. The number of nitrogens with zero attached hydrogens (tertiary/aromatic N) is 1. The number of unbranched alkanes of at least 4 members (excludes halogenated alkanes) is 1. The number of pyridine rings is 1. The number of rotatable bonds is 4. The van der Waals surface area contributed by atoms with Gasteiger partial charge >= 0.3 is 0 Å². The van der Waals surface area contributed by atoms with Crippen molar-refractivity contribution in [1.29, 1.82) is 0 Å². The molecule has 0 fully saturated rings. The van der Waals surface area contributed by atoms with Crippen LogP contribution in [0.1, 0.15) is 31.7 Å². The zero-order chi connectivity index (χ0) is 13.9. The Hall–Kier alpha value is -1.61. The van der Waals surface area contributed by atoms with E-state index in [-0.39, 0.29) is 5.25 Å². The summed E-state index contributed by atoms with van der Waals surface area (Å²) in [5.74, 6) is 0. The average Bonchev–Trinajstić information content (AvgIpc) is 2.49. The van der Waals surface area contributed by atoms with E-state index in [0.717, 1.165) is 52.6 Å². The first-order chi connectivity index (χ1) is 9.81. The van der Waals surface area contributed by atoms with Crippen molar-refractivity contribution in [3.8, 4) is 0 Å². The highest BCUT2D eigenvalue weighted by atomic mass is 32.2. The number of hydrogen-bond donors (Lipinski definition) is 0. The molecular weight excluding hydrogens is 266 g/mol. The summed E-state index contributed by atoms with van der Waals surface area (Å²) in [6.07, 6.45) is 6.36. The molecule has 2 nitrogen and oxygen atoms in total. The monoisotopic (exact) mass is 283 g/mol. The van der Waals surface area contributed by atoms with Crippen molar-refractivity contribution in [2.45, 2.75) is 36.5 Å². The first-order valence-corrected chi connectivity index (χ1v) is 7.93. The van der Waals surface area contributed by atoms with Crippen molar-refractivity contribution in [3.63, 3.8) is 0 Å². The predicted molar refractivity (Wildman–Crippen MR) is 85.0 cm³/mol. The Labute approximate surface area is 123 Å². The van der Waals surface area contributed by atoms with Gasteiger partial charge in [0.1, 0.15) is 11.3 Å². The van der Waals surface area contributed by atoms with E-state index in [1.807, 2.05) is 24.3 Å². The second-order valence-electron chi connectivity index (χ2n) is 5.09. The highest BCUT2D eigenvalue weighted by molar-refractivity contribution is 8.00. The van der Waals surface area contributed by atoms with Gasteiger partial charge in [-0.15, -0.1) is 0 Å². The van der Waals surface area contributed by atoms with E-state index in [1.54, 1.807) is 11.8 Å². The van der Waals surface area contributed by atoms with Crippen molar-refractivity contribution in [2.24, 2.45) is 0 Å². The lowest BCUT2D eigenvalue weighted by Gasteiger charge is -2.22. The molecule has 0 spiro atoms. The third-order valence-electron chi connectivity index (χ3n) is 3.62. The first-order valence-electron chi connectivity index (χ1n) is 7.05. The maximum absolute atomic E-state index is 11.3. The van der Waals surface area contributed by atoms with Crippen molar-refractivity contribution in [2.75, 3.05) is 0 Å². The highest BCUT2D eigenvalue weighted by Gasteiger charge is 2.22. The lowest BCUT2D eigenvalue weighted by molar-refractivity contribution is -0.104. The van der Waals surface area contributed by atoms with Crippen LogP contribution in [0.5, 0.6) is 0 Å². The smallest absolute Gasteiger partial charge is 0.147 e. The quantitative estimate of drug-likeness (QED) is 0.775. The van der Waals surface area contributed by atoms with Crippen LogP contribution in [0.3, 0.4) is 0 Å². The second-order valence-corrected chi connectivity index (χ2v) is 6.28. The third-order valence-corrected chi connectivity index (χ3v) is 4.96. The van der Waals surface area contributed by atoms with Crippen molar-refractivity contribution < 1.29 is 4.79 Å². The Morgan fingerprint density at radius 2 is 2.20 bits per heavy atom. The summed E-state index contributed by atoms with van der Waals surface area (Å²) in [6.45, 7) is 2.18. The molecule has 0 N–H and O–H groups in total. The maximum atomic E-state index is 11.3. The van der Waals surface area contributed by atoms with Gasteiger partial charge in [0.2, 0.25) is 0 Å². The summed E-state index contributed by atoms with van der Waals surface area (Å²) in [5.41, 5.74) is 2.99. The number of benzene rings is 1. The SMILES string of the molecule is CCCC[C@H]1Sc2nc3ccccc3cc2C=C1C=O. The van der Waals surface area contributed by atoms with Gasteiger partial charge in [0.05, 0.1) is 5.52 Å². The van der Waals surface area contributed by atoms with Gasteiger partial charge in [0.15, 0.2) is 0 Å². The number of para-hydroxylation sites is 1. The number of fused-ring (bicyclic) bond motifs is 2. The Kier molecular flexibility index (Phi) is 3.88. The number of aromatic nitrogens is 1. The molecule has 102 valence electrons. The molecule has 3 heteroatoms. The summed E-state index contributed by atoms with van der Waals surface area (Å²) >= 11 is 1.73. The Balaban J connectivity index is 2.03. The molecule has 2 heterocycles. The van der Waals surface area contributed by atoms with Gasteiger partial charge in [-0.1, -0.05) is 49.7 Å². The molecule has 1 aliphatic heterocycles. The minimum atomic E-state index is 0.258. The van der Waals surface area contributed by atoms with Crippen LogP contribution in [0, 0.1) is 0 Å². The van der Waals surface area contributed by atoms with E-state index in [2.05, 4.69) is 19.1 Å². The fourth-order valence-electron chi connectivity index (χ4n) is 2.51. The molecule has 0 saturated heterocycles. The number of carbonyl (C=O) groups is 1. The van der Waals surface area contributed by atoms with Gasteiger partial charge in [0.25, 0.3) is 0 Å². The predicted octanol–water partition coefficient (Wildman–Crippen LogP) is 4.48. The fourth-order valence-corrected chi connectivity index (χ4v) is 3.73. The molecule has 1 aromatic heterocycles. The van der Waals surface area contributed by atoms with Crippen molar-refractivity contribution in [1.82, 2.24) is 4.98 Å².